The number of carbonyl (C=O) groups is 9. The maximum Gasteiger partial charge on any atom is 0.461 e. The van der Waals surface area contributed by atoms with Gasteiger partial charge in [0.15, 0.2) is 39.5 Å². The van der Waals surface area contributed by atoms with E-state index in [-0.39, 0.29) is 141 Å². The fraction of sp³-hybridized carbons (Fsp3) is 0.545. The molecule has 4 aromatic carbocycles. The van der Waals surface area contributed by atoms with Crippen LogP contribution in [-0.4, -0.2) is 161 Å². The van der Waals surface area contributed by atoms with Crippen LogP contribution in [0.2, 0.25) is 11.6 Å². The number of aromatic nitrogens is 2. The molecule has 6 saturated carbocycles. The molecule has 4 heterocycles. The minimum Gasteiger partial charge on any atom is -0.496 e. The van der Waals surface area contributed by atoms with Gasteiger partial charge in [-0.05, 0) is 245 Å². The molecule has 6 aromatic rings. The number of nitrogens with zero attached hydrogens (tertiary/aromatic N) is 4. The minimum absolute atomic E-state index is 0.00415. The van der Waals surface area contributed by atoms with Crippen LogP contribution in [0.4, 0.5) is 19.9 Å². The number of carbonyl (C=O) groups excluding carboxylic acids is 9. The largest absolute Gasteiger partial charge is 0.496 e. The van der Waals surface area contributed by atoms with Crippen molar-refractivity contribution in [2.24, 2.45) is 44.8 Å². The number of aldehydes is 1. The van der Waals surface area contributed by atoms with Gasteiger partial charge in [-0.1, -0.05) is 130 Å². The fourth-order valence-corrected chi connectivity index (χ4v) is 19.2. The lowest BCUT2D eigenvalue weighted by molar-refractivity contribution is -0.199. The molecule has 0 radical (unpaired) electrons. The molecule has 712 valence electrons. The van der Waals surface area contributed by atoms with Gasteiger partial charge < -0.3 is 66.2 Å². The van der Waals surface area contributed by atoms with Crippen LogP contribution < -0.4 is 20.1 Å². The van der Waals surface area contributed by atoms with Gasteiger partial charge in [0, 0.05) is 53.0 Å². The van der Waals surface area contributed by atoms with E-state index < -0.39 is 112 Å². The summed E-state index contributed by atoms with van der Waals surface area (Å²) in [4.78, 5) is 139. The number of Topliss-reactive ketones (excluding diaryl/α,β-unsaturated/α-hetero) is 2. The zero-order chi connectivity index (χ0) is 97.4. The second kappa shape index (κ2) is 41.6. The van der Waals surface area contributed by atoms with Gasteiger partial charge in [0.05, 0.1) is 37.6 Å². The average molecular weight is 1860 g/mol. The van der Waals surface area contributed by atoms with Crippen molar-refractivity contribution in [2.75, 3.05) is 24.9 Å². The lowest BCUT2D eigenvalue weighted by Crippen LogP contribution is -2.65. The Morgan fingerprint density at radius 3 is 1.20 bits per heavy atom. The number of ether oxygens (including phenoxy) is 8. The van der Waals surface area contributed by atoms with E-state index in [0.717, 1.165) is 65.6 Å². The van der Waals surface area contributed by atoms with Crippen molar-refractivity contribution in [1.29, 1.82) is 0 Å². The topological polar surface area (TPSA) is 357 Å². The summed E-state index contributed by atoms with van der Waals surface area (Å²) in [6.45, 7) is 48.6. The number of oxime groups is 2. The summed E-state index contributed by atoms with van der Waals surface area (Å²) >= 11 is 2.22. The minimum atomic E-state index is -0.860. The first kappa shape index (κ1) is 104. The molecule has 2 aromatic heterocycles. The highest BCUT2D eigenvalue weighted by atomic mass is 32.1. The molecule has 8 aliphatic rings. The molecular weight excluding hydrogens is 1730 g/mol. The van der Waals surface area contributed by atoms with Crippen LogP contribution in [0, 0.1) is 34.5 Å². The number of ketones is 2. The van der Waals surface area contributed by atoms with Gasteiger partial charge in [0.2, 0.25) is 0 Å². The molecule has 8 fully saturated rings. The van der Waals surface area contributed by atoms with Crippen molar-refractivity contribution < 1.29 is 109 Å². The zero-order valence-electron chi connectivity index (χ0n) is 81.1. The van der Waals surface area contributed by atoms with Gasteiger partial charge in [0.1, 0.15) is 80.8 Å². The molecule has 4 bridgehead atoms. The van der Waals surface area contributed by atoms with Gasteiger partial charge in [-0.15, -0.1) is 22.7 Å². The molecule has 132 heavy (non-hydrogen) atoms. The highest BCUT2D eigenvalue weighted by molar-refractivity contribution is 7.14. The highest BCUT2D eigenvalue weighted by Crippen LogP contribution is 2.68. The van der Waals surface area contributed by atoms with Crippen LogP contribution in [0.1, 0.15) is 275 Å². The first-order valence-electron chi connectivity index (χ1n) is 44.6. The van der Waals surface area contributed by atoms with Crippen molar-refractivity contribution in [3.05, 3.63) is 170 Å². The Bertz CT molecular complexity index is 5280. The Labute approximate surface area is 784 Å². The Morgan fingerprint density at radius 1 is 0.500 bits per heavy atom. The summed E-state index contributed by atoms with van der Waals surface area (Å²) in [7, 11) is 1.23. The van der Waals surface area contributed by atoms with E-state index in [4.69, 9.17) is 66.2 Å². The number of benzene rings is 4. The van der Waals surface area contributed by atoms with Gasteiger partial charge in [-0.3, -0.25) is 25.0 Å². The molecule has 33 heteroatoms. The summed E-state index contributed by atoms with van der Waals surface area (Å²) < 4.78 is 72.2. The number of methoxy groups -OCH3 is 2. The fourth-order valence-electron chi connectivity index (χ4n) is 17.8. The molecule has 2 unspecified atom stereocenters. The second-order valence-electron chi connectivity index (χ2n) is 41.8. The van der Waals surface area contributed by atoms with E-state index in [9.17, 15) is 43.2 Å². The van der Waals surface area contributed by atoms with E-state index in [2.05, 4.69) is 79.0 Å². The van der Waals surface area contributed by atoms with E-state index in [0.29, 0.717) is 34.8 Å². The molecule has 2 N–H and O–H groups in total. The lowest BCUT2D eigenvalue weighted by atomic mass is 9.43. The summed E-state index contributed by atoms with van der Waals surface area (Å²) in [5.41, 5.74) is -1.65. The van der Waals surface area contributed by atoms with Crippen LogP contribution in [0.5, 0.6) is 11.5 Å². The van der Waals surface area contributed by atoms with Gasteiger partial charge in [-0.2, -0.15) is 0 Å². The van der Waals surface area contributed by atoms with Crippen molar-refractivity contribution in [1.82, 2.24) is 9.97 Å². The second-order valence-corrected chi connectivity index (χ2v) is 43.5. The molecule has 14 rings (SSSR count). The SMILES string of the molecule is C=CC(=O)OC(C)(C)C.COc1c(C[C@H](CC(=O)/C(=N\OCc2ccccc2)c2csc(NC(=O)OC(C)(C)C)n2)B2OC3C[C@@H]4C[C@@H](C4(C)C)[C@]3(C)O2)ccc(/C=C/C(=O)OC(C)(C)C)c1C(=O)OC(C)(C)C.COc1c(C[C@H](CC(=O)/C(=N\OCc2ccccc2)c2csc(NC(=O)OC(C)(C)C)n2)B2OC3C[C@@H]4C[C@@H](C4(C)C)[C@]3(C)O2)ccc(C=O)c1C(=O)OC(C)(C)C. The number of esters is 4. The number of nitrogens with one attached hydrogen (secondary N) is 2. The number of rotatable bonds is 30. The predicted molar refractivity (Wildman–Crippen MR) is 506 cm³/mol. The number of anilines is 2. The lowest BCUT2D eigenvalue weighted by Gasteiger charge is -2.64. The predicted octanol–water partition coefficient (Wildman–Crippen LogP) is 20.0. The number of hydrogen-bond acceptors (Lipinski definition) is 29. The normalized spacial score (nSPS) is 21.7. The molecule has 29 nitrogen and oxygen atoms in total. The standard InChI is InChI=1S/C49H64BN3O11S.C43H54BN3O10S.C7H12O2/c1-45(2,3)60-38(55)22-21-30-19-20-31(41(58-13)39(30)42(56)61-46(4,5)6)23-33(50-63-37-25-32-24-36(48(32,10)11)49(37,12)64-50)26-35(54)40(53-59-27-29-17-15-14-16-18-29)34-28-65-43(51-34)52-44(57)62-47(7,8)9;1-40(2,3)54-37(50)34-27(22-48)17-16-26(36(34)52-10)18-29(44-56-33-20-28-19-32(42(28,7)8)43(33,9)57-44)21-31(49)35(47-53-23-25-14-12-11-13-15-25)30-24-58-38(45-30)46-39(51)55-41(4,5)6;1-5-6(8)9-7(2,3)4/h14-22,28,32-33,36-37H,23-27H2,1-13H3,(H,51,52,57);11-17,22,24,28-29,32-33H,18-21,23H2,1-10H3,(H,45,46,51);5H,1H2,2-4H3/b22-21+,53-40-;47-35-;/t32-,33+,36-,37?,49-;28-,29+,32-,33?,43-;/m00./s1. The van der Waals surface area contributed by atoms with Crippen LogP contribution in [0.25, 0.3) is 6.08 Å². The highest BCUT2D eigenvalue weighted by Gasteiger charge is 2.70. The number of thiazole rings is 2. The summed E-state index contributed by atoms with van der Waals surface area (Å²) in [6, 6.07) is 25.6. The summed E-state index contributed by atoms with van der Waals surface area (Å²) in [5, 5.41) is 17.7. The number of hydrogen-bond donors (Lipinski definition) is 2. The Morgan fingerprint density at radius 2 is 0.864 bits per heavy atom. The summed E-state index contributed by atoms with van der Waals surface area (Å²) in [6.07, 6.45) is 6.54. The maximum atomic E-state index is 14.9. The summed E-state index contributed by atoms with van der Waals surface area (Å²) in [5.74, 6) is -2.56. The molecule has 2 aliphatic heterocycles. The van der Waals surface area contributed by atoms with Crippen LogP contribution in [-0.2, 0) is 102 Å². The molecular formula is C99H130B2N6O23S2. The molecule has 2 amide bonds. The Hall–Kier alpha value is -10.4. The van der Waals surface area contributed by atoms with Crippen LogP contribution >= 0.6 is 22.7 Å². The first-order chi connectivity index (χ1) is 61.4. The van der Waals surface area contributed by atoms with Gasteiger partial charge in [-0.25, -0.2) is 38.7 Å². The van der Waals surface area contributed by atoms with E-state index >= 15 is 0 Å². The third kappa shape index (κ3) is 26.8. The molecule has 10 atom stereocenters. The molecule has 6 aliphatic carbocycles. The maximum absolute atomic E-state index is 14.9. The van der Waals surface area contributed by atoms with Crippen LogP contribution in [0.3, 0.4) is 0 Å². The van der Waals surface area contributed by atoms with Gasteiger partial charge >= 0.3 is 50.3 Å². The number of amides is 2. The molecule has 2 saturated heterocycles. The first-order valence-corrected chi connectivity index (χ1v) is 46.4. The van der Waals surface area contributed by atoms with Crippen molar-refractivity contribution in [3.8, 4) is 11.5 Å². The van der Waals surface area contributed by atoms with Crippen molar-refractivity contribution in [3.63, 3.8) is 0 Å². The van der Waals surface area contributed by atoms with Crippen molar-refractivity contribution in [2.45, 2.75) is 299 Å². The van der Waals surface area contributed by atoms with E-state index in [1.165, 1.54) is 26.4 Å². The quantitative estimate of drug-likeness (QED) is 0.00804. The van der Waals surface area contributed by atoms with Crippen LogP contribution in [0.15, 0.2) is 125 Å². The monoisotopic (exact) mass is 1860 g/mol. The third-order valence-electron chi connectivity index (χ3n) is 23.9. The van der Waals surface area contributed by atoms with E-state index in [1.54, 1.807) is 139 Å². The Kier molecular flexibility index (Phi) is 32.7. The third-order valence-corrected chi connectivity index (χ3v) is 25.4. The average Bonchev–Trinajstić information content (AvgIpc) is 1.39. The van der Waals surface area contributed by atoms with Gasteiger partial charge in [0.25, 0.3) is 0 Å². The Balaban J connectivity index is 0.000000251. The zero-order valence-corrected chi connectivity index (χ0v) is 82.7. The van der Waals surface area contributed by atoms with Crippen molar-refractivity contribution >= 4 is 119 Å². The molecule has 0 spiro atoms. The van der Waals surface area contributed by atoms with E-state index in [1.807, 2.05) is 81.4 Å². The smallest absolute Gasteiger partial charge is 0.461 e.